The van der Waals surface area contributed by atoms with Crippen LogP contribution in [0.3, 0.4) is 0 Å². The second kappa shape index (κ2) is 7.01. The maximum absolute atomic E-state index is 13.1. The summed E-state index contributed by atoms with van der Waals surface area (Å²) in [6, 6.07) is 6.72. The molecule has 0 aromatic heterocycles. The zero-order valence-electron chi connectivity index (χ0n) is 11.6. The van der Waals surface area contributed by atoms with Crippen LogP contribution in [0.2, 0.25) is 0 Å². The average molecular weight is 265 g/mol. The fraction of sp³-hybridized carbons (Fsp3) is 0.625. The van der Waals surface area contributed by atoms with Gasteiger partial charge in [0.1, 0.15) is 5.82 Å². The molecule has 0 spiro atoms. The predicted octanol–water partition coefficient (Wildman–Crippen LogP) is 3.42. The molecule has 0 heterocycles. The van der Waals surface area contributed by atoms with Crippen LogP contribution in [-0.4, -0.2) is 17.7 Å². The lowest BCUT2D eigenvalue weighted by Gasteiger charge is -2.30. The zero-order chi connectivity index (χ0) is 13.7. The molecule has 2 rings (SSSR count). The molecule has 1 aliphatic rings. The third-order valence-electron chi connectivity index (χ3n) is 4.19. The van der Waals surface area contributed by atoms with Crippen LogP contribution in [0.5, 0.6) is 0 Å². The van der Waals surface area contributed by atoms with Crippen molar-refractivity contribution >= 4 is 0 Å². The minimum absolute atomic E-state index is 0.291. The van der Waals surface area contributed by atoms with E-state index in [4.69, 9.17) is 0 Å². The predicted molar refractivity (Wildman–Crippen MR) is 75.4 cm³/mol. The zero-order valence-corrected chi connectivity index (χ0v) is 11.6. The summed E-state index contributed by atoms with van der Waals surface area (Å²) < 4.78 is 13.1. The topological polar surface area (TPSA) is 32.3 Å². The fourth-order valence-corrected chi connectivity index (χ4v) is 2.96. The van der Waals surface area contributed by atoms with Crippen molar-refractivity contribution in [1.29, 1.82) is 0 Å². The van der Waals surface area contributed by atoms with Crippen molar-refractivity contribution in [1.82, 2.24) is 5.32 Å². The van der Waals surface area contributed by atoms with Gasteiger partial charge in [-0.2, -0.15) is 0 Å². The number of aliphatic hydroxyl groups is 1. The molecule has 3 atom stereocenters. The van der Waals surface area contributed by atoms with Crippen molar-refractivity contribution in [3.63, 3.8) is 0 Å². The Morgan fingerprint density at radius 1 is 1.42 bits per heavy atom. The first-order chi connectivity index (χ1) is 9.19. The quantitative estimate of drug-likeness (QED) is 0.855. The van der Waals surface area contributed by atoms with Gasteiger partial charge in [0.2, 0.25) is 0 Å². The molecule has 1 aliphatic carbocycles. The number of nitrogens with one attached hydrogen (secondary N) is 1. The van der Waals surface area contributed by atoms with E-state index in [9.17, 15) is 9.50 Å². The second-order valence-electron chi connectivity index (χ2n) is 5.62. The number of benzene rings is 1. The third-order valence-corrected chi connectivity index (χ3v) is 4.19. The summed E-state index contributed by atoms with van der Waals surface area (Å²) in [6.07, 6.45) is 5.61. The van der Waals surface area contributed by atoms with E-state index in [-0.39, 0.29) is 5.82 Å². The lowest BCUT2D eigenvalue weighted by Crippen LogP contribution is -2.36. The summed E-state index contributed by atoms with van der Waals surface area (Å²) in [5.74, 6) is 0.526. The van der Waals surface area contributed by atoms with E-state index < -0.39 is 6.10 Å². The lowest BCUT2D eigenvalue weighted by molar-refractivity contribution is 0.160. The van der Waals surface area contributed by atoms with Gasteiger partial charge in [0.25, 0.3) is 0 Å². The number of hydrogen-bond acceptors (Lipinski definition) is 2. The highest BCUT2D eigenvalue weighted by atomic mass is 19.1. The van der Waals surface area contributed by atoms with Gasteiger partial charge in [-0.1, -0.05) is 38.3 Å². The van der Waals surface area contributed by atoms with Gasteiger partial charge in [0.15, 0.2) is 0 Å². The van der Waals surface area contributed by atoms with Crippen molar-refractivity contribution in [2.75, 3.05) is 6.54 Å². The number of hydrogen-bond donors (Lipinski definition) is 2. The van der Waals surface area contributed by atoms with Gasteiger partial charge in [0.05, 0.1) is 6.10 Å². The summed E-state index contributed by atoms with van der Waals surface area (Å²) >= 11 is 0. The number of rotatable bonds is 5. The molecule has 2 N–H and O–H groups in total. The van der Waals surface area contributed by atoms with E-state index in [1.807, 2.05) is 0 Å². The van der Waals surface area contributed by atoms with Crippen molar-refractivity contribution in [3.05, 3.63) is 35.6 Å². The largest absolute Gasteiger partial charge is 0.387 e. The minimum atomic E-state index is -0.627. The van der Waals surface area contributed by atoms with E-state index in [2.05, 4.69) is 12.2 Å². The van der Waals surface area contributed by atoms with Gasteiger partial charge in [-0.25, -0.2) is 4.39 Å². The van der Waals surface area contributed by atoms with E-state index in [1.165, 1.54) is 44.2 Å². The van der Waals surface area contributed by atoms with Crippen LogP contribution in [0.4, 0.5) is 4.39 Å². The Balaban J connectivity index is 1.81. The Kier molecular flexibility index (Phi) is 5.34. The van der Waals surface area contributed by atoms with Gasteiger partial charge >= 0.3 is 0 Å². The summed E-state index contributed by atoms with van der Waals surface area (Å²) in [7, 11) is 0. The molecule has 0 radical (unpaired) electrons. The molecule has 0 bridgehead atoms. The minimum Gasteiger partial charge on any atom is -0.387 e. The number of halogens is 1. The van der Waals surface area contributed by atoms with Gasteiger partial charge < -0.3 is 10.4 Å². The van der Waals surface area contributed by atoms with E-state index in [1.54, 1.807) is 12.1 Å². The molecule has 0 amide bonds. The molecule has 1 saturated carbocycles. The lowest BCUT2D eigenvalue weighted by atomic mass is 9.84. The molecule has 106 valence electrons. The summed E-state index contributed by atoms with van der Waals surface area (Å²) in [4.78, 5) is 0. The number of aliphatic hydroxyl groups excluding tert-OH is 1. The molecule has 19 heavy (non-hydrogen) atoms. The fourth-order valence-electron chi connectivity index (χ4n) is 2.96. The van der Waals surface area contributed by atoms with Crippen LogP contribution >= 0.6 is 0 Å². The Bertz CT molecular complexity index is 396. The van der Waals surface area contributed by atoms with Crippen molar-refractivity contribution < 1.29 is 9.50 Å². The Morgan fingerprint density at radius 3 is 3.00 bits per heavy atom. The average Bonchev–Trinajstić information content (AvgIpc) is 2.45. The van der Waals surface area contributed by atoms with Gasteiger partial charge in [-0.05, 0) is 36.5 Å². The van der Waals surface area contributed by atoms with E-state index >= 15 is 0 Å². The van der Waals surface area contributed by atoms with Crippen LogP contribution in [-0.2, 0) is 0 Å². The van der Waals surface area contributed by atoms with Crippen LogP contribution in [0.1, 0.15) is 50.7 Å². The molecule has 3 unspecified atom stereocenters. The van der Waals surface area contributed by atoms with Crippen LogP contribution in [0.15, 0.2) is 24.3 Å². The maximum atomic E-state index is 13.1. The summed E-state index contributed by atoms with van der Waals surface area (Å²) in [5.41, 5.74) is 0.648. The molecule has 2 nitrogen and oxygen atoms in total. The third kappa shape index (κ3) is 4.29. The molecule has 1 aromatic rings. The van der Waals surface area contributed by atoms with Crippen molar-refractivity contribution in [2.24, 2.45) is 5.92 Å². The van der Waals surface area contributed by atoms with Crippen LogP contribution < -0.4 is 5.32 Å². The van der Waals surface area contributed by atoms with Crippen LogP contribution in [0, 0.1) is 11.7 Å². The van der Waals surface area contributed by atoms with Gasteiger partial charge in [-0.15, -0.1) is 0 Å². The Labute approximate surface area is 115 Å². The van der Waals surface area contributed by atoms with E-state index in [0.717, 1.165) is 5.92 Å². The molecule has 1 aromatic carbocycles. The summed E-state index contributed by atoms with van der Waals surface area (Å²) in [5, 5.41) is 13.5. The maximum Gasteiger partial charge on any atom is 0.123 e. The van der Waals surface area contributed by atoms with Crippen molar-refractivity contribution in [3.8, 4) is 0 Å². The Morgan fingerprint density at radius 2 is 2.26 bits per heavy atom. The van der Waals surface area contributed by atoms with E-state index in [0.29, 0.717) is 18.2 Å². The molecule has 0 saturated heterocycles. The molecule has 1 fully saturated rings. The molecule has 0 aliphatic heterocycles. The molecular weight excluding hydrogens is 241 g/mol. The smallest absolute Gasteiger partial charge is 0.123 e. The second-order valence-corrected chi connectivity index (χ2v) is 5.62. The highest BCUT2D eigenvalue weighted by molar-refractivity contribution is 5.19. The van der Waals surface area contributed by atoms with Crippen LogP contribution in [0.25, 0.3) is 0 Å². The normalized spacial score (nSPS) is 25.2. The van der Waals surface area contributed by atoms with Crippen molar-refractivity contribution in [2.45, 2.75) is 51.2 Å². The molecular formula is C16H24FNO. The monoisotopic (exact) mass is 265 g/mol. The Hall–Kier alpha value is -0.930. The first kappa shape index (κ1) is 14.5. The first-order valence-electron chi connectivity index (χ1n) is 7.36. The first-order valence-corrected chi connectivity index (χ1v) is 7.36. The summed E-state index contributed by atoms with van der Waals surface area (Å²) in [6.45, 7) is 2.75. The highest BCUT2D eigenvalue weighted by Crippen LogP contribution is 2.26. The molecule has 3 heteroatoms. The standard InChI is InChI=1S/C16H24FNO/c1-2-12-5-3-8-15(9-12)18-11-16(19)13-6-4-7-14(17)10-13/h4,6-7,10,12,15-16,18-19H,2-3,5,8-9,11H2,1H3. The highest BCUT2D eigenvalue weighted by Gasteiger charge is 2.21. The van der Waals surface area contributed by atoms with Gasteiger partial charge in [0, 0.05) is 12.6 Å². The van der Waals surface area contributed by atoms with Gasteiger partial charge in [-0.3, -0.25) is 0 Å². The SMILES string of the molecule is CCC1CCCC(NCC(O)c2cccc(F)c2)C1.